The highest BCUT2D eigenvalue weighted by atomic mass is 32.2. The Morgan fingerprint density at radius 1 is 1.33 bits per heavy atom. The van der Waals surface area contributed by atoms with E-state index in [0.29, 0.717) is 0 Å². The molecule has 3 rings (SSSR count). The maximum atomic E-state index is 10.3. The third kappa shape index (κ3) is 3.41. The third-order valence-electron chi connectivity index (χ3n) is 4.91. The van der Waals surface area contributed by atoms with Gasteiger partial charge in [-0.25, -0.2) is 9.97 Å². The van der Waals surface area contributed by atoms with E-state index < -0.39 is 0 Å². The first-order valence-electron chi connectivity index (χ1n) is 8.06. The molecule has 1 N–H and O–H groups in total. The fourth-order valence-corrected chi connectivity index (χ4v) is 4.39. The summed E-state index contributed by atoms with van der Waals surface area (Å²) >= 11 is 1.68. The molecule has 4 nitrogen and oxygen atoms in total. The normalized spacial score (nSPS) is 30.1. The molecule has 2 atom stereocenters. The predicted molar refractivity (Wildman–Crippen MR) is 85.2 cm³/mol. The molecule has 1 saturated heterocycles. The van der Waals surface area contributed by atoms with Crippen LogP contribution in [0.25, 0.3) is 0 Å². The van der Waals surface area contributed by atoms with Crippen molar-refractivity contribution in [1.29, 1.82) is 0 Å². The maximum absolute atomic E-state index is 10.3. The van der Waals surface area contributed by atoms with Gasteiger partial charge in [-0.2, -0.15) is 0 Å². The van der Waals surface area contributed by atoms with E-state index in [9.17, 15) is 5.11 Å². The van der Waals surface area contributed by atoms with E-state index >= 15 is 0 Å². The lowest BCUT2D eigenvalue weighted by atomic mass is 9.76. The largest absolute Gasteiger partial charge is 0.393 e. The molecule has 0 radical (unpaired) electrons. The van der Waals surface area contributed by atoms with E-state index in [4.69, 9.17) is 0 Å². The lowest BCUT2D eigenvalue weighted by molar-refractivity contribution is -0.0120. The quantitative estimate of drug-likeness (QED) is 0.684. The molecular weight excluding hydrogens is 282 g/mol. The van der Waals surface area contributed by atoms with Gasteiger partial charge >= 0.3 is 0 Å². The van der Waals surface area contributed by atoms with Gasteiger partial charge in [-0.05, 0) is 38.0 Å². The Bertz CT molecular complexity index is 467. The molecule has 2 fully saturated rings. The van der Waals surface area contributed by atoms with Crippen LogP contribution in [0.3, 0.4) is 0 Å². The molecule has 1 aromatic heterocycles. The van der Waals surface area contributed by atoms with E-state index in [0.717, 1.165) is 37.0 Å². The fourth-order valence-electron chi connectivity index (χ4n) is 3.88. The van der Waals surface area contributed by atoms with Gasteiger partial charge in [-0.1, -0.05) is 25.1 Å². The monoisotopic (exact) mass is 307 g/mol. The highest BCUT2D eigenvalue weighted by Crippen LogP contribution is 2.45. The first-order valence-corrected chi connectivity index (χ1v) is 9.04. The minimum Gasteiger partial charge on any atom is -0.393 e. The zero-order valence-electron chi connectivity index (χ0n) is 12.8. The zero-order chi connectivity index (χ0) is 14.7. The van der Waals surface area contributed by atoms with Crippen LogP contribution < -0.4 is 0 Å². The molecule has 0 unspecified atom stereocenters. The third-order valence-corrected chi connectivity index (χ3v) is 5.67. The Morgan fingerprint density at radius 2 is 2.10 bits per heavy atom. The average molecular weight is 307 g/mol. The van der Waals surface area contributed by atoms with Crippen molar-refractivity contribution in [3.8, 4) is 0 Å². The van der Waals surface area contributed by atoms with Gasteiger partial charge < -0.3 is 5.11 Å². The van der Waals surface area contributed by atoms with Gasteiger partial charge in [-0.15, -0.1) is 0 Å². The Balaban J connectivity index is 1.62. The lowest BCUT2D eigenvalue weighted by Gasteiger charge is -2.42. The molecule has 1 aliphatic heterocycles. The van der Waals surface area contributed by atoms with Crippen molar-refractivity contribution in [2.24, 2.45) is 5.41 Å². The summed E-state index contributed by atoms with van der Waals surface area (Å²) in [5.74, 6) is 1.01. The highest BCUT2D eigenvalue weighted by molar-refractivity contribution is 7.99. The van der Waals surface area contributed by atoms with Crippen LogP contribution in [0.4, 0.5) is 0 Å². The maximum Gasteiger partial charge on any atom is 0.187 e. The summed E-state index contributed by atoms with van der Waals surface area (Å²) < 4.78 is 0. The van der Waals surface area contributed by atoms with Crippen LogP contribution >= 0.6 is 11.8 Å². The SMILES string of the molecule is CCSc1ncc(CN2CCC[C@]3(CCC[C@H]3O)C2)cn1. The Hall–Kier alpha value is -0.650. The number of aliphatic hydroxyl groups is 1. The van der Waals surface area contributed by atoms with E-state index in [-0.39, 0.29) is 11.5 Å². The van der Waals surface area contributed by atoms with Gasteiger partial charge in [0.05, 0.1) is 6.10 Å². The smallest absolute Gasteiger partial charge is 0.187 e. The molecular formula is C16H25N3OS. The second kappa shape index (κ2) is 6.63. The number of aromatic nitrogens is 2. The summed E-state index contributed by atoms with van der Waals surface area (Å²) in [7, 11) is 0. The van der Waals surface area contributed by atoms with Crippen molar-refractivity contribution in [3.05, 3.63) is 18.0 Å². The van der Waals surface area contributed by atoms with E-state index in [1.165, 1.54) is 31.2 Å². The van der Waals surface area contributed by atoms with Crippen LogP contribution in [-0.4, -0.2) is 44.9 Å². The van der Waals surface area contributed by atoms with E-state index in [1.54, 1.807) is 11.8 Å². The van der Waals surface area contributed by atoms with Crippen molar-refractivity contribution in [3.63, 3.8) is 0 Å². The summed E-state index contributed by atoms with van der Waals surface area (Å²) in [5.41, 5.74) is 1.34. The van der Waals surface area contributed by atoms with Crippen LogP contribution in [-0.2, 0) is 6.54 Å². The molecule has 1 aliphatic carbocycles. The number of piperidine rings is 1. The molecule has 116 valence electrons. The molecule has 1 aromatic rings. The summed E-state index contributed by atoms with van der Waals surface area (Å²) in [6.07, 6.45) is 9.55. The van der Waals surface area contributed by atoms with Crippen molar-refractivity contribution in [2.45, 2.75) is 56.8 Å². The van der Waals surface area contributed by atoms with Crippen LogP contribution in [0.5, 0.6) is 0 Å². The molecule has 5 heteroatoms. The second-order valence-corrected chi connectivity index (χ2v) is 7.62. The predicted octanol–water partition coefficient (Wildman–Crippen LogP) is 2.72. The summed E-state index contributed by atoms with van der Waals surface area (Å²) in [4.78, 5) is 11.3. The summed E-state index contributed by atoms with van der Waals surface area (Å²) in [6.45, 7) is 5.17. The van der Waals surface area contributed by atoms with Crippen LogP contribution in [0.15, 0.2) is 17.6 Å². The molecule has 1 saturated carbocycles. The molecule has 0 bridgehead atoms. The zero-order valence-corrected chi connectivity index (χ0v) is 13.6. The topological polar surface area (TPSA) is 49.2 Å². The first kappa shape index (κ1) is 15.3. The van der Waals surface area contributed by atoms with Crippen molar-refractivity contribution in [1.82, 2.24) is 14.9 Å². The van der Waals surface area contributed by atoms with Crippen molar-refractivity contribution in [2.75, 3.05) is 18.8 Å². The van der Waals surface area contributed by atoms with Gasteiger partial charge in [-0.3, -0.25) is 4.90 Å². The first-order chi connectivity index (χ1) is 10.2. The van der Waals surface area contributed by atoms with Crippen LogP contribution in [0.1, 0.15) is 44.6 Å². The number of aliphatic hydroxyl groups excluding tert-OH is 1. The van der Waals surface area contributed by atoms with E-state index in [2.05, 4.69) is 21.8 Å². The molecule has 0 amide bonds. The van der Waals surface area contributed by atoms with Gasteiger partial charge in [0, 0.05) is 36.5 Å². The molecule has 2 aliphatic rings. The number of likely N-dealkylation sites (tertiary alicyclic amines) is 1. The Labute approximate surface area is 131 Å². The molecule has 2 heterocycles. The van der Waals surface area contributed by atoms with Gasteiger partial charge in [0.15, 0.2) is 5.16 Å². The van der Waals surface area contributed by atoms with Gasteiger partial charge in [0.25, 0.3) is 0 Å². The standard InChI is InChI=1S/C16H25N3OS/c1-2-21-15-17-9-13(10-18-15)11-19-8-4-7-16(12-19)6-3-5-14(16)20/h9-10,14,20H,2-8,11-12H2,1H3/t14-,16-/m1/s1. The number of rotatable bonds is 4. The lowest BCUT2D eigenvalue weighted by Crippen LogP contribution is -2.46. The van der Waals surface area contributed by atoms with Crippen LogP contribution in [0, 0.1) is 5.41 Å². The minimum absolute atomic E-state index is 0.0973. The second-order valence-electron chi connectivity index (χ2n) is 6.39. The molecule has 0 aromatic carbocycles. The van der Waals surface area contributed by atoms with E-state index in [1.807, 2.05) is 12.4 Å². The number of hydrogen-bond acceptors (Lipinski definition) is 5. The number of nitrogens with zero attached hydrogens (tertiary/aromatic N) is 3. The summed E-state index contributed by atoms with van der Waals surface area (Å²) in [6, 6.07) is 0. The van der Waals surface area contributed by atoms with Gasteiger partial charge in [0.1, 0.15) is 0 Å². The number of hydrogen-bond donors (Lipinski definition) is 1. The highest BCUT2D eigenvalue weighted by Gasteiger charge is 2.44. The Kier molecular flexibility index (Phi) is 4.82. The van der Waals surface area contributed by atoms with Crippen LogP contribution in [0.2, 0.25) is 0 Å². The summed E-state index contributed by atoms with van der Waals surface area (Å²) in [5, 5.41) is 11.2. The van der Waals surface area contributed by atoms with Crippen molar-refractivity contribution >= 4 is 11.8 Å². The average Bonchev–Trinajstić information content (AvgIpc) is 2.82. The fraction of sp³-hybridized carbons (Fsp3) is 0.750. The minimum atomic E-state index is -0.0973. The number of thioether (sulfide) groups is 1. The Morgan fingerprint density at radius 3 is 2.76 bits per heavy atom. The molecule has 21 heavy (non-hydrogen) atoms. The molecule has 1 spiro atoms. The van der Waals surface area contributed by atoms with Crippen molar-refractivity contribution < 1.29 is 5.11 Å². The van der Waals surface area contributed by atoms with Gasteiger partial charge in [0.2, 0.25) is 0 Å².